The van der Waals surface area contributed by atoms with Crippen LogP contribution in [0.5, 0.6) is 0 Å². The molecule has 7 heteroatoms. The van der Waals surface area contributed by atoms with E-state index >= 15 is 0 Å². The van der Waals surface area contributed by atoms with Gasteiger partial charge in [-0.15, -0.1) is 0 Å². The molecule has 7 nitrogen and oxygen atoms in total. The predicted molar refractivity (Wildman–Crippen MR) is 70.9 cm³/mol. The molecule has 0 bridgehead atoms. The molecule has 0 radical (unpaired) electrons. The van der Waals surface area contributed by atoms with Gasteiger partial charge < -0.3 is 15.5 Å². The summed E-state index contributed by atoms with van der Waals surface area (Å²) in [7, 11) is 0. The molecule has 0 aromatic carbocycles. The number of amides is 4. The van der Waals surface area contributed by atoms with E-state index in [1.165, 1.54) is 0 Å². The molecule has 1 atom stereocenters. The van der Waals surface area contributed by atoms with Crippen molar-refractivity contribution >= 4 is 17.8 Å². The minimum absolute atomic E-state index is 0.106. The molecule has 3 rings (SSSR count). The van der Waals surface area contributed by atoms with Gasteiger partial charge in [-0.25, -0.2) is 4.79 Å². The number of nitrogens with one attached hydrogen (secondary N) is 3. The van der Waals surface area contributed by atoms with Gasteiger partial charge in [0.15, 0.2) is 0 Å². The first-order valence-corrected chi connectivity index (χ1v) is 7.13. The average Bonchev–Trinajstić information content (AvgIpc) is 2.96. The fourth-order valence-corrected chi connectivity index (χ4v) is 3.40. The van der Waals surface area contributed by atoms with Crippen molar-refractivity contribution in [1.82, 2.24) is 20.9 Å². The molecule has 1 unspecified atom stereocenters. The predicted octanol–water partition coefficient (Wildman–Crippen LogP) is -0.671. The number of urea groups is 1. The SMILES string of the molecule is CC1(C(=O)N2CCC3(CC2)NC(=O)NC3=O)CCCN1. The summed E-state index contributed by atoms with van der Waals surface area (Å²) in [5.74, 6) is -0.158. The summed E-state index contributed by atoms with van der Waals surface area (Å²) in [6.45, 7) is 3.82. The number of imide groups is 1. The molecule has 3 heterocycles. The minimum Gasteiger partial charge on any atom is -0.341 e. The van der Waals surface area contributed by atoms with Gasteiger partial charge in [-0.05, 0) is 39.2 Å². The van der Waals surface area contributed by atoms with Gasteiger partial charge in [0.25, 0.3) is 5.91 Å². The monoisotopic (exact) mass is 280 g/mol. The molecule has 0 saturated carbocycles. The molecule has 4 amide bonds. The maximum atomic E-state index is 12.5. The van der Waals surface area contributed by atoms with Crippen LogP contribution in [0.4, 0.5) is 4.79 Å². The van der Waals surface area contributed by atoms with E-state index < -0.39 is 17.1 Å². The molecule has 20 heavy (non-hydrogen) atoms. The van der Waals surface area contributed by atoms with Gasteiger partial charge in [-0.2, -0.15) is 0 Å². The highest BCUT2D eigenvalue weighted by molar-refractivity contribution is 6.07. The summed E-state index contributed by atoms with van der Waals surface area (Å²) < 4.78 is 0. The number of carbonyl (C=O) groups excluding carboxylic acids is 3. The Kier molecular flexibility index (Phi) is 2.97. The van der Waals surface area contributed by atoms with Crippen molar-refractivity contribution in [1.29, 1.82) is 0 Å². The van der Waals surface area contributed by atoms with Gasteiger partial charge in [0.05, 0.1) is 5.54 Å². The topological polar surface area (TPSA) is 90.5 Å². The number of nitrogens with zero attached hydrogens (tertiary/aromatic N) is 1. The minimum atomic E-state index is -0.808. The molecule has 3 aliphatic heterocycles. The van der Waals surface area contributed by atoms with Crippen molar-refractivity contribution in [3.63, 3.8) is 0 Å². The Morgan fingerprint density at radius 1 is 1.20 bits per heavy atom. The van der Waals surface area contributed by atoms with E-state index in [-0.39, 0.29) is 11.8 Å². The van der Waals surface area contributed by atoms with Crippen LogP contribution in [0.1, 0.15) is 32.6 Å². The lowest BCUT2D eigenvalue weighted by Gasteiger charge is -2.40. The Labute approximate surface area is 117 Å². The Bertz CT molecular complexity index is 462. The Morgan fingerprint density at radius 2 is 1.90 bits per heavy atom. The second kappa shape index (κ2) is 4.44. The van der Waals surface area contributed by atoms with Gasteiger partial charge in [0.1, 0.15) is 5.54 Å². The first-order chi connectivity index (χ1) is 9.45. The highest BCUT2D eigenvalue weighted by Crippen LogP contribution is 2.28. The third-order valence-corrected chi connectivity index (χ3v) is 4.76. The summed E-state index contributed by atoms with van der Waals surface area (Å²) in [5.41, 5.74) is -1.27. The first-order valence-electron chi connectivity index (χ1n) is 7.13. The number of piperidine rings is 1. The first kappa shape index (κ1) is 13.4. The Morgan fingerprint density at radius 3 is 2.40 bits per heavy atom. The van der Waals surface area contributed by atoms with E-state index in [9.17, 15) is 14.4 Å². The molecule has 0 aromatic rings. The van der Waals surface area contributed by atoms with Crippen molar-refractivity contribution in [3.05, 3.63) is 0 Å². The lowest BCUT2D eigenvalue weighted by molar-refractivity contribution is -0.140. The number of rotatable bonds is 1. The smallest absolute Gasteiger partial charge is 0.322 e. The number of likely N-dealkylation sites (tertiary alicyclic amines) is 1. The lowest BCUT2D eigenvalue weighted by Crippen LogP contribution is -2.60. The molecule has 3 fully saturated rings. The van der Waals surface area contributed by atoms with Crippen molar-refractivity contribution in [2.75, 3.05) is 19.6 Å². The molecular formula is C13H20N4O3. The van der Waals surface area contributed by atoms with Crippen molar-refractivity contribution in [2.45, 2.75) is 43.7 Å². The zero-order chi connectivity index (χ0) is 14.4. The maximum absolute atomic E-state index is 12.5. The highest BCUT2D eigenvalue weighted by Gasteiger charge is 2.50. The van der Waals surface area contributed by atoms with Crippen LogP contribution in [-0.2, 0) is 9.59 Å². The van der Waals surface area contributed by atoms with E-state index in [0.717, 1.165) is 19.4 Å². The van der Waals surface area contributed by atoms with Gasteiger partial charge in [-0.3, -0.25) is 14.9 Å². The largest absolute Gasteiger partial charge is 0.341 e. The summed E-state index contributed by atoms with van der Waals surface area (Å²) in [5, 5.41) is 8.25. The fourth-order valence-electron chi connectivity index (χ4n) is 3.40. The summed E-state index contributed by atoms with van der Waals surface area (Å²) in [4.78, 5) is 37.5. The molecule has 3 aliphatic rings. The van der Waals surface area contributed by atoms with Crippen LogP contribution in [0.25, 0.3) is 0 Å². The Hall–Kier alpha value is -1.63. The molecule has 0 aromatic heterocycles. The van der Waals surface area contributed by atoms with Crippen LogP contribution in [0.15, 0.2) is 0 Å². The highest BCUT2D eigenvalue weighted by atomic mass is 16.2. The standard InChI is InChI=1S/C13H20N4O3/c1-12(3-2-6-14-12)10(19)17-7-4-13(5-8-17)9(18)15-11(20)16-13/h14H,2-8H2,1H3,(H2,15,16,18,20). The van der Waals surface area contributed by atoms with Crippen LogP contribution in [0, 0.1) is 0 Å². The summed E-state index contributed by atoms with van der Waals surface area (Å²) in [6.07, 6.45) is 2.82. The van der Waals surface area contributed by atoms with E-state index in [1.54, 1.807) is 4.90 Å². The number of carbonyl (C=O) groups is 3. The second-order valence-corrected chi connectivity index (χ2v) is 6.14. The third kappa shape index (κ3) is 1.96. The summed E-state index contributed by atoms with van der Waals surface area (Å²) >= 11 is 0. The van der Waals surface area contributed by atoms with Crippen LogP contribution < -0.4 is 16.0 Å². The zero-order valence-corrected chi connectivity index (χ0v) is 11.6. The molecule has 1 spiro atoms. The van der Waals surface area contributed by atoms with Crippen molar-refractivity contribution in [3.8, 4) is 0 Å². The van der Waals surface area contributed by atoms with E-state index in [4.69, 9.17) is 0 Å². The fraction of sp³-hybridized carbons (Fsp3) is 0.769. The van der Waals surface area contributed by atoms with E-state index in [2.05, 4.69) is 16.0 Å². The molecule has 3 N–H and O–H groups in total. The average molecular weight is 280 g/mol. The molecule has 0 aliphatic carbocycles. The van der Waals surface area contributed by atoms with Crippen LogP contribution in [0.2, 0.25) is 0 Å². The van der Waals surface area contributed by atoms with Crippen molar-refractivity contribution < 1.29 is 14.4 Å². The van der Waals surface area contributed by atoms with Crippen LogP contribution >= 0.6 is 0 Å². The molecular weight excluding hydrogens is 260 g/mol. The van der Waals surface area contributed by atoms with Crippen molar-refractivity contribution in [2.24, 2.45) is 0 Å². The van der Waals surface area contributed by atoms with Gasteiger partial charge >= 0.3 is 6.03 Å². The van der Waals surface area contributed by atoms with Gasteiger partial charge in [-0.1, -0.05) is 0 Å². The van der Waals surface area contributed by atoms with Crippen LogP contribution in [0.3, 0.4) is 0 Å². The quantitative estimate of drug-likeness (QED) is 0.556. The Balaban J connectivity index is 1.65. The second-order valence-electron chi connectivity index (χ2n) is 6.14. The van der Waals surface area contributed by atoms with Gasteiger partial charge in [0, 0.05) is 13.1 Å². The zero-order valence-electron chi connectivity index (χ0n) is 11.6. The summed E-state index contributed by atoms with van der Waals surface area (Å²) in [6, 6.07) is -0.431. The lowest BCUT2D eigenvalue weighted by atomic mass is 9.86. The molecule has 3 saturated heterocycles. The maximum Gasteiger partial charge on any atom is 0.322 e. The van der Waals surface area contributed by atoms with Crippen LogP contribution in [-0.4, -0.2) is 53.5 Å². The normalized spacial score (nSPS) is 32.4. The third-order valence-electron chi connectivity index (χ3n) is 4.76. The van der Waals surface area contributed by atoms with Gasteiger partial charge in [0.2, 0.25) is 5.91 Å². The number of hydrogen-bond acceptors (Lipinski definition) is 4. The van der Waals surface area contributed by atoms with E-state index in [0.29, 0.717) is 25.9 Å². The van der Waals surface area contributed by atoms with E-state index in [1.807, 2.05) is 6.92 Å². The number of hydrogen-bond donors (Lipinski definition) is 3. The molecule has 110 valence electrons.